The van der Waals surface area contributed by atoms with Crippen LogP contribution in [-0.2, 0) is 28.6 Å². The molecule has 0 unspecified atom stereocenters. The lowest BCUT2D eigenvalue weighted by molar-refractivity contribution is -0.388. The van der Waals surface area contributed by atoms with Crippen LogP contribution in [0.4, 0.5) is 5.69 Å². The summed E-state index contributed by atoms with van der Waals surface area (Å²) in [5, 5.41) is 10.8. The second kappa shape index (κ2) is 5.21. The summed E-state index contributed by atoms with van der Waals surface area (Å²) >= 11 is 0. The Morgan fingerprint density at radius 3 is 2.00 bits per heavy atom. The second-order valence-corrected chi connectivity index (χ2v) is 6.52. The first-order chi connectivity index (χ1) is 8.65. The van der Waals surface area contributed by atoms with Crippen molar-refractivity contribution < 1.29 is 30.1 Å². The van der Waals surface area contributed by atoms with Gasteiger partial charge in [-0.3, -0.25) is 18.5 Å². The van der Waals surface area contributed by atoms with Crippen LogP contribution in [0.2, 0.25) is 0 Å². The van der Waals surface area contributed by atoms with Crippen molar-refractivity contribution in [3.63, 3.8) is 0 Å². The van der Waals surface area contributed by atoms with E-state index in [4.69, 9.17) is 0 Å². The summed E-state index contributed by atoms with van der Waals surface area (Å²) in [6.45, 7) is 0. The van der Waals surface area contributed by atoms with Crippen molar-refractivity contribution in [3.05, 3.63) is 28.3 Å². The third kappa shape index (κ3) is 3.07. The Balaban J connectivity index is 3.62. The van der Waals surface area contributed by atoms with E-state index in [1.54, 1.807) is 0 Å². The average molecular weight is 311 g/mol. The first-order valence-corrected chi connectivity index (χ1v) is 7.37. The van der Waals surface area contributed by atoms with Crippen molar-refractivity contribution in [2.75, 3.05) is 14.2 Å². The summed E-state index contributed by atoms with van der Waals surface area (Å²) in [4.78, 5) is 8.50. The lowest BCUT2D eigenvalue weighted by Gasteiger charge is -2.05. The molecule has 0 bridgehead atoms. The Morgan fingerprint density at radius 2 is 1.58 bits per heavy atom. The smallest absolute Gasteiger partial charge is 0.270 e. The van der Waals surface area contributed by atoms with Gasteiger partial charge in [-0.25, -0.2) is 0 Å². The maximum Gasteiger partial charge on any atom is 0.303 e. The highest BCUT2D eigenvalue weighted by Gasteiger charge is 2.28. The van der Waals surface area contributed by atoms with E-state index in [0.29, 0.717) is 6.07 Å². The minimum Gasteiger partial charge on any atom is -0.270 e. The van der Waals surface area contributed by atoms with Crippen LogP contribution in [0.25, 0.3) is 0 Å². The van der Waals surface area contributed by atoms with Crippen LogP contribution in [-0.4, -0.2) is 36.0 Å². The Bertz CT molecular complexity index is 706. The molecule has 0 radical (unpaired) electrons. The van der Waals surface area contributed by atoms with Gasteiger partial charge in [0.2, 0.25) is 0 Å². The van der Waals surface area contributed by atoms with Gasteiger partial charge in [0.25, 0.3) is 15.8 Å². The fourth-order valence-electron chi connectivity index (χ4n) is 1.19. The molecule has 0 aliphatic rings. The first-order valence-electron chi connectivity index (χ1n) is 4.55. The zero-order chi connectivity index (χ0) is 14.8. The quantitative estimate of drug-likeness (QED) is 0.430. The molecule has 0 saturated carbocycles. The highest BCUT2D eigenvalue weighted by molar-refractivity contribution is 7.87. The van der Waals surface area contributed by atoms with Gasteiger partial charge in [0, 0.05) is 6.07 Å². The van der Waals surface area contributed by atoms with E-state index in [0.717, 1.165) is 26.4 Å². The van der Waals surface area contributed by atoms with E-state index >= 15 is 0 Å². The van der Waals surface area contributed by atoms with Crippen LogP contribution < -0.4 is 0 Å². The van der Waals surface area contributed by atoms with Gasteiger partial charge in [0.15, 0.2) is 4.90 Å². The summed E-state index contributed by atoms with van der Waals surface area (Å²) in [6, 6.07) is 2.23. The molecule has 0 amide bonds. The Labute approximate surface area is 109 Å². The lowest BCUT2D eigenvalue weighted by Crippen LogP contribution is -2.09. The molecule has 0 heterocycles. The van der Waals surface area contributed by atoms with Crippen molar-refractivity contribution >= 4 is 25.9 Å². The van der Waals surface area contributed by atoms with Crippen molar-refractivity contribution in [2.45, 2.75) is 9.79 Å². The molecular formula is C8H9NO8S2. The third-order valence-electron chi connectivity index (χ3n) is 2.12. The molecule has 0 spiro atoms. The van der Waals surface area contributed by atoms with E-state index < -0.39 is 40.6 Å². The molecule has 0 aromatic heterocycles. The molecule has 0 fully saturated rings. The molecule has 0 aliphatic carbocycles. The van der Waals surface area contributed by atoms with Crippen molar-refractivity contribution in [3.8, 4) is 0 Å². The largest absolute Gasteiger partial charge is 0.303 e. The third-order valence-corrected chi connectivity index (χ3v) is 4.72. The maximum atomic E-state index is 11.4. The van der Waals surface area contributed by atoms with Gasteiger partial charge in [-0.05, 0) is 12.1 Å². The van der Waals surface area contributed by atoms with Crippen molar-refractivity contribution in [1.29, 1.82) is 0 Å². The molecule has 1 aromatic rings. The molecule has 0 saturated heterocycles. The van der Waals surface area contributed by atoms with Crippen molar-refractivity contribution in [2.24, 2.45) is 0 Å². The highest BCUT2D eigenvalue weighted by Crippen LogP contribution is 2.28. The molecule has 9 nitrogen and oxygen atoms in total. The lowest BCUT2D eigenvalue weighted by atomic mass is 10.3. The molecule has 19 heavy (non-hydrogen) atoms. The average Bonchev–Trinajstić information content (AvgIpc) is 2.37. The number of nitro benzene ring substituents is 1. The monoisotopic (exact) mass is 311 g/mol. The molecule has 11 heteroatoms. The van der Waals surface area contributed by atoms with E-state index in [9.17, 15) is 26.9 Å². The number of benzene rings is 1. The van der Waals surface area contributed by atoms with E-state index in [1.807, 2.05) is 0 Å². The first kappa shape index (κ1) is 15.5. The van der Waals surface area contributed by atoms with Crippen molar-refractivity contribution in [1.82, 2.24) is 0 Å². The highest BCUT2D eigenvalue weighted by atomic mass is 32.2. The van der Waals surface area contributed by atoms with Gasteiger partial charge in [-0.1, -0.05) is 0 Å². The Kier molecular flexibility index (Phi) is 4.25. The van der Waals surface area contributed by atoms with Crippen LogP contribution in [0.15, 0.2) is 28.0 Å². The zero-order valence-electron chi connectivity index (χ0n) is 9.76. The van der Waals surface area contributed by atoms with Crippen LogP contribution in [0, 0.1) is 10.1 Å². The minimum atomic E-state index is -4.32. The normalized spacial score (nSPS) is 12.3. The van der Waals surface area contributed by atoms with Gasteiger partial charge in [0.1, 0.15) is 4.90 Å². The van der Waals surface area contributed by atoms with E-state index in [1.165, 1.54) is 0 Å². The van der Waals surface area contributed by atoms with E-state index in [2.05, 4.69) is 8.37 Å². The fraction of sp³-hybridized carbons (Fsp3) is 0.250. The minimum absolute atomic E-state index is 0.531. The summed E-state index contributed by atoms with van der Waals surface area (Å²) in [5.41, 5.74) is -0.917. The molecule has 1 rings (SSSR count). The summed E-state index contributed by atoms with van der Waals surface area (Å²) in [7, 11) is -6.78. The van der Waals surface area contributed by atoms with Gasteiger partial charge in [-0.15, -0.1) is 0 Å². The SMILES string of the molecule is COS(=O)(=O)c1ccc(S(=O)(=O)OC)c([N+](=O)[O-])c1. The summed E-state index contributed by atoms with van der Waals surface area (Å²) in [6.07, 6.45) is 0. The Hall–Kier alpha value is -1.56. The number of rotatable bonds is 5. The van der Waals surface area contributed by atoms with Crippen LogP contribution in [0.5, 0.6) is 0 Å². The zero-order valence-corrected chi connectivity index (χ0v) is 11.4. The molecule has 1 aromatic carbocycles. The van der Waals surface area contributed by atoms with Crippen LogP contribution >= 0.6 is 0 Å². The molecule has 0 atom stereocenters. The van der Waals surface area contributed by atoms with E-state index in [-0.39, 0.29) is 0 Å². The molecule has 106 valence electrons. The fourth-order valence-corrected chi connectivity index (χ4v) is 2.68. The van der Waals surface area contributed by atoms with Crippen LogP contribution in [0.3, 0.4) is 0 Å². The maximum absolute atomic E-state index is 11.4. The van der Waals surface area contributed by atoms with Gasteiger partial charge in [0.05, 0.1) is 19.1 Å². The predicted octanol–water partition coefficient (Wildman–Crippen LogP) is 0.265. The summed E-state index contributed by atoms with van der Waals surface area (Å²) < 4.78 is 54.0. The van der Waals surface area contributed by atoms with Gasteiger partial charge < -0.3 is 0 Å². The Morgan fingerprint density at radius 1 is 1.05 bits per heavy atom. The summed E-state index contributed by atoms with van der Waals surface area (Å²) in [5.74, 6) is 0. The predicted molar refractivity (Wildman–Crippen MR) is 61.5 cm³/mol. The topological polar surface area (TPSA) is 130 Å². The molecule has 0 aliphatic heterocycles. The number of hydrogen-bond donors (Lipinski definition) is 0. The number of nitro groups is 1. The molecule has 0 N–H and O–H groups in total. The molecular weight excluding hydrogens is 302 g/mol. The standard InChI is InChI=1S/C8H9NO8S2/c1-16-18(12,13)6-3-4-8(19(14,15)17-2)7(5-6)9(10)11/h3-5H,1-2H3. The van der Waals surface area contributed by atoms with Gasteiger partial charge in [-0.2, -0.15) is 16.8 Å². The van der Waals surface area contributed by atoms with Gasteiger partial charge >= 0.3 is 10.1 Å². The van der Waals surface area contributed by atoms with Crippen LogP contribution in [0.1, 0.15) is 0 Å². The number of hydrogen-bond acceptors (Lipinski definition) is 8. The number of nitrogens with zero attached hydrogens (tertiary/aromatic N) is 1. The second-order valence-electron chi connectivity index (χ2n) is 3.13.